The normalized spacial score (nSPS) is 10.6. The topological polar surface area (TPSA) is 46.3 Å². The SMILES string of the molecule is Cc1ccccc1-c1oc(=O)c(N(C)C)nc1Sc1ccccc1. The Balaban J connectivity index is 2.18. The number of hydrogen-bond acceptors (Lipinski definition) is 5. The van der Waals surface area contributed by atoms with Crippen molar-refractivity contribution in [3.63, 3.8) is 0 Å². The van der Waals surface area contributed by atoms with Crippen LogP contribution in [0.1, 0.15) is 5.56 Å². The number of rotatable bonds is 4. The van der Waals surface area contributed by atoms with Gasteiger partial charge in [0.05, 0.1) is 0 Å². The van der Waals surface area contributed by atoms with Crippen LogP contribution in [0.4, 0.5) is 5.82 Å². The molecule has 0 aliphatic rings. The molecule has 0 aliphatic carbocycles. The lowest BCUT2D eigenvalue weighted by molar-refractivity contribution is 0.502. The molecule has 3 rings (SSSR count). The molecule has 24 heavy (non-hydrogen) atoms. The molecule has 2 aromatic carbocycles. The number of hydrogen-bond donors (Lipinski definition) is 0. The van der Waals surface area contributed by atoms with E-state index < -0.39 is 5.63 Å². The maximum absolute atomic E-state index is 12.3. The fourth-order valence-electron chi connectivity index (χ4n) is 2.32. The molecule has 4 nitrogen and oxygen atoms in total. The summed E-state index contributed by atoms with van der Waals surface area (Å²) in [7, 11) is 3.56. The Kier molecular flexibility index (Phi) is 4.71. The van der Waals surface area contributed by atoms with Gasteiger partial charge < -0.3 is 9.32 Å². The largest absolute Gasteiger partial charge is 0.417 e. The number of aryl methyl sites for hydroxylation is 1. The van der Waals surface area contributed by atoms with Crippen LogP contribution in [-0.2, 0) is 0 Å². The number of nitrogens with zero attached hydrogens (tertiary/aromatic N) is 2. The number of aromatic nitrogens is 1. The Morgan fingerprint density at radius 2 is 1.67 bits per heavy atom. The van der Waals surface area contributed by atoms with Gasteiger partial charge in [0.25, 0.3) is 0 Å². The van der Waals surface area contributed by atoms with Crippen LogP contribution >= 0.6 is 11.8 Å². The highest BCUT2D eigenvalue weighted by molar-refractivity contribution is 7.99. The molecule has 0 saturated carbocycles. The van der Waals surface area contributed by atoms with Crippen molar-refractivity contribution in [1.82, 2.24) is 4.98 Å². The first-order valence-electron chi connectivity index (χ1n) is 7.57. The molecular weight excluding hydrogens is 320 g/mol. The van der Waals surface area contributed by atoms with E-state index in [4.69, 9.17) is 4.42 Å². The molecule has 0 amide bonds. The fourth-order valence-corrected chi connectivity index (χ4v) is 3.22. The zero-order valence-electron chi connectivity index (χ0n) is 13.8. The van der Waals surface area contributed by atoms with Crippen molar-refractivity contribution in [3.8, 4) is 11.3 Å². The van der Waals surface area contributed by atoms with Crippen LogP contribution in [-0.4, -0.2) is 19.1 Å². The van der Waals surface area contributed by atoms with Crippen molar-refractivity contribution >= 4 is 17.6 Å². The summed E-state index contributed by atoms with van der Waals surface area (Å²) in [6.07, 6.45) is 0. The van der Waals surface area contributed by atoms with Gasteiger partial charge in [0.15, 0.2) is 5.76 Å². The highest BCUT2D eigenvalue weighted by Gasteiger charge is 2.18. The molecule has 0 atom stereocenters. The average molecular weight is 338 g/mol. The summed E-state index contributed by atoms with van der Waals surface area (Å²) in [5.41, 5.74) is 1.48. The van der Waals surface area contributed by atoms with Gasteiger partial charge in [0.2, 0.25) is 5.82 Å². The highest BCUT2D eigenvalue weighted by Crippen LogP contribution is 2.35. The Morgan fingerprint density at radius 3 is 2.33 bits per heavy atom. The summed E-state index contributed by atoms with van der Waals surface area (Å²) in [5.74, 6) is 0.809. The smallest absolute Gasteiger partial charge is 0.379 e. The van der Waals surface area contributed by atoms with Crippen LogP contribution in [0, 0.1) is 6.92 Å². The Bertz CT molecular complexity index is 905. The molecule has 3 aromatic rings. The first kappa shape index (κ1) is 16.3. The van der Waals surface area contributed by atoms with E-state index in [1.54, 1.807) is 19.0 Å². The minimum absolute atomic E-state index is 0.297. The first-order valence-corrected chi connectivity index (χ1v) is 8.39. The second-order valence-corrected chi connectivity index (χ2v) is 6.65. The molecule has 1 heterocycles. The minimum atomic E-state index is -0.435. The molecular formula is C19H18N2O2S. The van der Waals surface area contributed by atoms with Gasteiger partial charge in [-0.15, -0.1) is 0 Å². The van der Waals surface area contributed by atoms with Crippen molar-refractivity contribution in [3.05, 3.63) is 70.6 Å². The molecule has 0 bridgehead atoms. The van der Waals surface area contributed by atoms with E-state index in [1.165, 1.54) is 11.8 Å². The van der Waals surface area contributed by atoms with E-state index in [0.29, 0.717) is 16.6 Å². The lowest BCUT2D eigenvalue weighted by atomic mass is 10.1. The predicted molar refractivity (Wildman–Crippen MR) is 97.8 cm³/mol. The van der Waals surface area contributed by atoms with Gasteiger partial charge >= 0.3 is 5.63 Å². The van der Waals surface area contributed by atoms with Gasteiger partial charge in [0.1, 0.15) is 5.03 Å². The third-order valence-electron chi connectivity index (χ3n) is 3.55. The lowest BCUT2D eigenvalue weighted by Crippen LogP contribution is -2.20. The van der Waals surface area contributed by atoms with Gasteiger partial charge in [0, 0.05) is 24.6 Å². The molecule has 122 valence electrons. The van der Waals surface area contributed by atoms with E-state index in [2.05, 4.69) is 4.98 Å². The van der Waals surface area contributed by atoms with Gasteiger partial charge in [-0.2, -0.15) is 0 Å². The zero-order valence-corrected chi connectivity index (χ0v) is 14.6. The summed E-state index contributed by atoms with van der Waals surface area (Å²) in [4.78, 5) is 19.6. The monoisotopic (exact) mass is 338 g/mol. The Morgan fingerprint density at radius 1 is 1.00 bits per heavy atom. The molecule has 0 N–H and O–H groups in total. The summed E-state index contributed by atoms with van der Waals surface area (Å²) < 4.78 is 5.66. The first-order chi connectivity index (χ1) is 11.6. The number of anilines is 1. The molecule has 0 aliphatic heterocycles. The standard InChI is InChI=1S/C19H18N2O2S/c1-13-9-7-8-12-15(13)16-18(24-14-10-5-4-6-11-14)20-17(21(2)3)19(22)23-16/h4-12H,1-3H3. The van der Waals surface area contributed by atoms with Crippen LogP contribution in [0.15, 0.2) is 73.7 Å². The van der Waals surface area contributed by atoms with Gasteiger partial charge in [-0.25, -0.2) is 9.78 Å². The van der Waals surface area contributed by atoms with E-state index in [9.17, 15) is 4.79 Å². The Labute approximate surface area is 145 Å². The maximum Gasteiger partial charge on any atom is 0.379 e. The van der Waals surface area contributed by atoms with E-state index in [0.717, 1.165) is 16.0 Å². The third kappa shape index (κ3) is 3.36. The Hall–Kier alpha value is -2.53. The molecule has 0 fully saturated rings. The third-order valence-corrected chi connectivity index (χ3v) is 4.53. The van der Waals surface area contributed by atoms with Crippen LogP contribution in [0.3, 0.4) is 0 Å². The van der Waals surface area contributed by atoms with Crippen molar-refractivity contribution < 1.29 is 4.42 Å². The molecule has 0 spiro atoms. The van der Waals surface area contributed by atoms with E-state index >= 15 is 0 Å². The second-order valence-electron chi connectivity index (χ2n) is 5.58. The van der Waals surface area contributed by atoms with Gasteiger partial charge in [-0.05, 0) is 24.6 Å². The summed E-state index contributed by atoms with van der Waals surface area (Å²) in [5, 5.41) is 0.679. The fraction of sp³-hybridized carbons (Fsp3) is 0.158. The maximum atomic E-state index is 12.3. The van der Waals surface area contributed by atoms with Crippen LogP contribution in [0.2, 0.25) is 0 Å². The van der Waals surface area contributed by atoms with Crippen LogP contribution in [0.25, 0.3) is 11.3 Å². The summed E-state index contributed by atoms with van der Waals surface area (Å²) in [6.45, 7) is 1.99. The van der Waals surface area contributed by atoms with Crippen molar-refractivity contribution in [2.24, 2.45) is 0 Å². The van der Waals surface area contributed by atoms with E-state index in [1.807, 2.05) is 61.5 Å². The molecule has 0 saturated heterocycles. The van der Waals surface area contributed by atoms with Crippen molar-refractivity contribution in [2.45, 2.75) is 16.8 Å². The predicted octanol–water partition coefficient (Wildman–Crippen LogP) is 4.23. The summed E-state index contributed by atoms with van der Waals surface area (Å²) >= 11 is 1.49. The quantitative estimate of drug-likeness (QED) is 0.712. The number of benzene rings is 2. The lowest BCUT2D eigenvalue weighted by Gasteiger charge is -2.14. The van der Waals surface area contributed by atoms with Crippen molar-refractivity contribution in [2.75, 3.05) is 19.0 Å². The van der Waals surface area contributed by atoms with Crippen molar-refractivity contribution in [1.29, 1.82) is 0 Å². The van der Waals surface area contributed by atoms with Crippen LogP contribution in [0.5, 0.6) is 0 Å². The molecule has 1 aromatic heterocycles. The highest BCUT2D eigenvalue weighted by atomic mass is 32.2. The summed E-state index contributed by atoms with van der Waals surface area (Å²) in [6, 6.07) is 17.8. The second kappa shape index (κ2) is 6.93. The average Bonchev–Trinajstić information content (AvgIpc) is 2.57. The molecule has 0 unspecified atom stereocenters. The zero-order chi connectivity index (χ0) is 17.1. The van der Waals surface area contributed by atoms with Gasteiger partial charge in [-0.3, -0.25) is 0 Å². The van der Waals surface area contributed by atoms with Crippen LogP contribution < -0.4 is 10.5 Å². The minimum Gasteiger partial charge on any atom is -0.417 e. The van der Waals surface area contributed by atoms with E-state index in [-0.39, 0.29) is 0 Å². The molecule has 5 heteroatoms. The molecule has 0 radical (unpaired) electrons. The van der Waals surface area contributed by atoms with Gasteiger partial charge in [-0.1, -0.05) is 54.2 Å².